The molecule has 0 aliphatic carbocycles. The van der Waals surface area contributed by atoms with Gasteiger partial charge in [-0.3, -0.25) is 14.9 Å². The third-order valence-electron chi connectivity index (χ3n) is 3.85. The van der Waals surface area contributed by atoms with Crippen LogP contribution in [0.2, 0.25) is 5.02 Å². The van der Waals surface area contributed by atoms with Crippen LogP contribution in [0.15, 0.2) is 42.5 Å². The van der Waals surface area contributed by atoms with Gasteiger partial charge in [0.1, 0.15) is 11.2 Å². The number of rotatable bonds is 6. The lowest BCUT2D eigenvalue weighted by atomic mass is 9.75. The smallest absolute Gasteiger partial charge is 0.318 e. The molecule has 0 aliphatic heterocycles. The molecule has 0 aromatic heterocycles. The first kappa shape index (κ1) is 17.7. The molecule has 0 spiro atoms. The molecule has 0 aliphatic rings. The number of carbonyl (C=O) groups is 1. The Kier molecular flexibility index (Phi) is 5.09. The maximum absolute atomic E-state index is 12.1. The summed E-state index contributed by atoms with van der Waals surface area (Å²) in [6.07, 6.45) is 0. The van der Waals surface area contributed by atoms with Gasteiger partial charge in [-0.25, -0.2) is 0 Å². The molecular formula is C17H16ClNO5. The number of halogens is 1. The predicted octanol–water partition coefficient (Wildman–Crippen LogP) is 4.04. The number of carboxylic acids is 1. The zero-order valence-electron chi connectivity index (χ0n) is 13.2. The van der Waals surface area contributed by atoms with E-state index in [-0.39, 0.29) is 21.8 Å². The van der Waals surface area contributed by atoms with Crippen molar-refractivity contribution in [3.05, 3.63) is 68.7 Å². The van der Waals surface area contributed by atoms with Gasteiger partial charge >= 0.3 is 5.97 Å². The Bertz CT molecular complexity index is 792. The molecule has 0 amide bonds. The molecule has 1 N–H and O–H groups in total. The first-order valence-corrected chi connectivity index (χ1v) is 7.60. The van der Waals surface area contributed by atoms with Gasteiger partial charge in [0.25, 0.3) is 5.69 Å². The van der Waals surface area contributed by atoms with Crippen molar-refractivity contribution in [3.63, 3.8) is 0 Å². The Hall–Kier alpha value is -2.60. The minimum Gasteiger partial charge on any atom is -0.494 e. The lowest BCUT2D eigenvalue weighted by Gasteiger charge is -2.27. The van der Waals surface area contributed by atoms with E-state index in [0.717, 1.165) is 0 Å². The first-order valence-electron chi connectivity index (χ1n) is 7.22. The topological polar surface area (TPSA) is 89.7 Å². The summed E-state index contributed by atoms with van der Waals surface area (Å²) in [6.45, 7) is 3.52. The van der Waals surface area contributed by atoms with Crippen LogP contribution in [-0.4, -0.2) is 22.6 Å². The first-order chi connectivity index (χ1) is 11.3. The van der Waals surface area contributed by atoms with Crippen LogP contribution in [0.3, 0.4) is 0 Å². The maximum atomic E-state index is 12.1. The molecule has 0 saturated carbocycles. The van der Waals surface area contributed by atoms with Crippen LogP contribution in [0, 0.1) is 10.1 Å². The fraction of sp³-hybridized carbons (Fsp3) is 0.235. The van der Waals surface area contributed by atoms with E-state index in [0.29, 0.717) is 12.4 Å². The summed E-state index contributed by atoms with van der Waals surface area (Å²) in [7, 11) is 0. The zero-order chi connectivity index (χ0) is 17.9. The molecule has 7 heteroatoms. The lowest BCUT2D eigenvalue weighted by Crippen LogP contribution is -2.34. The number of carboxylic acid groups (broad SMARTS) is 1. The van der Waals surface area contributed by atoms with E-state index in [1.807, 2.05) is 0 Å². The number of nitrogens with zero attached hydrogens (tertiary/aromatic N) is 1. The summed E-state index contributed by atoms with van der Waals surface area (Å²) < 4.78 is 5.37. The number of benzene rings is 2. The molecule has 0 fully saturated rings. The van der Waals surface area contributed by atoms with Crippen molar-refractivity contribution in [2.45, 2.75) is 19.3 Å². The van der Waals surface area contributed by atoms with Crippen LogP contribution in [0.25, 0.3) is 0 Å². The van der Waals surface area contributed by atoms with Crippen molar-refractivity contribution in [3.8, 4) is 5.75 Å². The van der Waals surface area contributed by atoms with Crippen LogP contribution in [-0.2, 0) is 10.2 Å². The Morgan fingerprint density at radius 1 is 1.29 bits per heavy atom. The van der Waals surface area contributed by atoms with Gasteiger partial charge in [0.05, 0.1) is 17.1 Å². The molecule has 126 valence electrons. The van der Waals surface area contributed by atoms with Crippen molar-refractivity contribution < 1.29 is 19.6 Å². The second kappa shape index (κ2) is 6.88. The molecule has 1 atom stereocenters. The van der Waals surface area contributed by atoms with Crippen molar-refractivity contribution >= 4 is 23.3 Å². The van der Waals surface area contributed by atoms with Gasteiger partial charge in [0, 0.05) is 11.1 Å². The number of aliphatic carboxylic acids is 1. The normalized spacial score (nSPS) is 13.1. The van der Waals surface area contributed by atoms with E-state index in [4.69, 9.17) is 16.3 Å². The maximum Gasteiger partial charge on any atom is 0.318 e. The van der Waals surface area contributed by atoms with Crippen LogP contribution in [0.4, 0.5) is 5.69 Å². The van der Waals surface area contributed by atoms with E-state index in [1.54, 1.807) is 31.2 Å². The monoisotopic (exact) mass is 349 g/mol. The second-order valence-corrected chi connectivity index (χ2v) is 5.69. The van der Waals surface area contributed by atoms with Gasteiger partial charge in [-0.2, -0.15) is 0 Å². The number of nitro groups is 1. The number of hydrogen-bond donors (Lipinski definition) is 1. The van der Waals surface area contributed by atoms with Gasteiger partial charge < -0.3 is 9.84 Å². The Balaban J connectivity index is 2.80. The lowest BCUT2D eigenvalue weighted by molar-refractivity contribution is -0.385. The van der Waals surface area contributed by atoms with Crippen molar-refractivity contribution in [1.29, 1.82) is 0 Å². The van der Waals surface area contributed by atoms with Crippen molar-refractivity contribution in [2.24, 2.45) is 0 Å². The van der Waals surface area contributed by atoms with Crippen LogP contribution in [0.5, 0.6) is 5.75 Å². The molecule has 2 aromatic carbocycles. The van der Waals surface area contributed by atoms with Crippen LogP contribution in [0.1, 0.15) is 25.0 Å². The van der Waals surface area contributed by atoms with E-state index >= 15 is 0 Å². The molecule has 0 heterocycles. The van der Waals surface area contributed by atoms with Gasteiger partial charge in [0.2, 0.25) is 0 Å². The summed E-state index contributed by atoms with van der Waals surface area (Å²) in [6, 6.07) is 10.5. The summed E-state index contributed by atoms with van der Waals surface area (Å²) in [5, 5.41) is 21.5. The highest BCUT2D eigenvalue weighted by atomic mass is 35.5. The Morgan fingerprint density at radius 2 is 1.96 bits per heavy atom. The molecule has 2 aromatic rings. The second-order valence-electron chi connectivity index (χ2n) is 5.28. The summed E-state index contributed by atoms with van der Waals surface area (Å²) in [4.78, 5) is 22.9. The van der Waals surface area contributed by atoms with E-state index in [2.05, 4.69) is 0 Å². The summed E-state index contributed by atoms with van der Waals surface area (Å²) in [5.74, 6) is -0.884. The average Bonchev–Trinajstić information content (AvgIpc) is 2.54. The van der Waals surface area contributed by atoms with Crippen LogP contribution >= 0.6 is 11.6 Å². The number of ether oxygens (including phenoxy) is 1. The quantitative estimate of drug-likeness (QED) is 0.628. The van der Waals surface area contributed by atoms with E-state index < -0.39 is 16.3 Å². The molecule has 2 rings (SSSR count). The molecule has 1 unspecified atom stereocenters. The molecular weight excluding hydrogens is 334 g/mol. The Morgan fingerprint density at radius 3 is 2.50 bits per heavy atom. The van der Waals surface area contributed by atoms with Gasteiger partial charge in [0.15, 0.2) is 0 Å². The van der Waals surface area contributed by atoms with E-state index in [9.17, 15) is 20.0 Å². The minimum atomic E-state index is -1.70. The minimum absolute atomic E-state index is 0.0130. The fourth-order valence-electron chi connectivity index (χ4n) is 2.57. The van der Waals surface area contributed by atoms with Gasteiger partial charge in [-0.1, -0.05) is 29.8 Å². The molecule has 24 heavy (non-hydrogen) atoms. The average molecular weight is 350 g/mol. The highest BCUT2D eigenvalue weighted by Crippen LogP contribution is 2.42. The van der Waals surface area contributed by atoms with Crippen molar-refractivity contribution in [1.82, 2.24) is 0 Å². The van der Waals surface area contributed by atoms with Gasteiger partial charge in [-0.05, 0) is 37.6 Å². The number of hydrogen-bond acceptors (Lipinski definition) is 4. The fourth-order valence-corrected chi connectivity index (χ4v) is 2.90. The summed E-state index contributed by atoms with van der Waals surface area (Å²) >= 11 is 6.17. The third kappa shape index (κ3) is 3.05. The molecule has 0 saturated heterocycles. The highest BCUT2D eigenvalue weighted by Gasteiger charge is 2.43. The third-order valence-corrected chi connectivity index (χ3v) is 4.18. The highest BCUT2D eigenvalue weighted by molar-refractivity contribution is 6.31. The molecule has 0 bridgehead atoms. The summed E-state index contributed by atoms with van der Waals surface area (Å²) in [5.41, 5.74) is -1.72. The molecule has 6 nitrogen and oxygen atoms in total. The standard InChI is InChI=1S/C17H16ClNO5/c1-3-24-11-8-9-15(19(22)23)13(10-11)17(2,16(20)21)12-6-4-5-7-14(12)18/h4-10H,3H2,1-2H3,(H,20,21). The van der Waals surface area contributed by atoms with Gasteiger partial charge in [-0.15, -0.1) is 0 Å². The predicted molar refractivity (Wildman–Crippen MR) is 89.8 cm³/mol. The Labute approximate surface area is 143 Å². The SMILES string of the molecule is CCOc1ccc([N+](=O)[O-])c(C(C)(C(=O)O)c2ccccc2Cl)c1. The van der Waals surface area contributed by atoms with Crippen molar-refractivity contribution in [2.75, 3.05) is 6.61 Å². The largest absolute Gasteiger partial charge is 0.494 e. The zero-order valence-corrected chi connectivity index (χ0v) is 13.9. The number of nitro benzene ring substituents is 1. The molecule has 0 radical (unpaired) electrons. The van der Waals surface area contributed by atoms with Crippen LogP contribution < -0.4 is 4.74 Å². The van der Waals surface area contributed by atoms with E-state index in [1.165, 1.54) is 25.1 Å².